The van der Waals surface area contributed by atoms with E-state index in [2.05, 4.69) is 63.4 Å². The van der Waals surface area contributed by atoms with Gasteiger partial charge in [-0.3, -0.25) is 0 Å². The van der Waals surface area contributed by atoms with Crippen LogP contribution in [0.2, 0.25) is 0 Å². The second-order valence-electron chi connectivity index (χ2n) is 8.88. The molecule has 0 aromatic heterocycles. The van der Waals surface area contributed by atoms with Crippen molar-refractivity contribution in [1.29, 1.82) is 0 Å². The van der Waals surface area contributed by atoms with Crippen LogP contribution >= 0.6 is 7.92 Å². The van der Waals surface area contributed by atoms with Crippen molar-refractivity contribution >= 4 is 7.92 Å². The van der Waals surface area contributed by atoms with Crippen molar-refractivity contribution in [3.8, 4) is 0 Å². The molecule has 0 bridgehead atoms. The van der Waals surface area contributed by atoms with Crippen LogP contribution in [0.1, 0.15) is 0 Å². The average molecular weight is 399 g/mol. The largest absolute Gasteiger partial charge is 1.00 e. The van der Waals surface area contributed by atoms with E-state index in [1.807, 2.05) is 0 Å². The first-order valence-electron chi connectivity index (χ1n) is 7.42. The van der Waals surface area contributed by atoms with Crippen LogP contribution in [0.25, 0.3) is 0 Å². The van der Waals surface area contributed by atoms with E-state index in [4.69, 9.17) is 0 Å². The maximum absolute atomic E-state index is 2.31. The molecule has 0 aliphatic heterocycles. The lowest BCUT2D eigenvalue weighted by molar-refractivity contribution is -0.869. The molecule has 0 aliphatic rings. The molecule has 0 spiro atoms. The summed E-state index contributed by atoms with van der Waals surface area (Å²) in [6.07, 6.45) is 4.29. The molecule has 0 unspecified atom stereocenters. The Morgan fingerprint density at radius 2 is 0.636 bits per heavy atom. The van der Waals surface area contributed by atoms with Crippen LogP contribution in [0.4, 0.5) is 0 Å². The highest BCUT2D eigenvalue weighted by Crippen LogP contribution is 2.35. The van der Waals surface area contributed by atoms with Crippen molar-refractivity contribution in [2.45, 2.75) is 0 Å². The van der Waals surface area contributed by atoms with Crippen molar-refractivity contribution in [2.24, 2.45) is 0 Å². The standard InChI is InChI=1S/C15H39N3P.3ClH/c1-16(2,3)10-13-19(14-11-17(4,5)6)15-12-18(7,8)9;;;/h10-15H2,1-9H3;3*1H/q+3;;;/p-3. The van der Waals surface area contributed by atoms with E-state index in [0.717, 1.165) is 13.4 Å². The summed E-state index contributed by atoms with van der Waals surface area (Å²) in [5, 5.41) is 0. The summed E-state index contributed by atoms with van der Waals surface area (Å²) in [5.74, 6) is 0. The number of halogens is 3. The first-order chi connectivity index (χ1) is 8.29. The van der Waals surface area contributed by atoms with E-state index in [1.54, 1.807) is 0 Å². The highest BCUT2D eigenvalue weighted by Gasteiger charge is 2.19. The van der Waals surface area contributed by atoms with Gasteiger partial charge in [0.05, 0.1) is 83.1 Å². The van der Waals surface area contributed by atoms with E-state index in [9.17, 15) is 0 Å². The maximum Gasteiger partial charge on any atom is 0.0820 e. The second-order valence-corrected chi connectivity index (χ2v) is 11.6. The van der Waals surface area contributed by atoms with Gasteiger partial charge in [-0.2, -0.15) is 0 Å². The van der Waals surface area contributed by atoms with Crippen LogP contribution in [-0.4, -0.2) is 115 Å². The molecule has 22 heavy (non-hydrogen) atoms. The summed E-state index contributed by atoms with van der Waals surface area (Å²) < 4.78 is 3.31. The lowest BCUT2D eigenvalue weighted by atomic mass is 10.5. The third kappa shape index (κ3) is 23.4. The molecule has 0 radical (unpaired) electrons. The Kier molecular flexibility index (Phi) is 17.7. The molecular formula is C15H39Cl3N3P. The fourth-order valence-corrected chi connectivity index (χ4v) is 4.98. The average Bonchev–Trinajstić information content (AvgIpc) is 2.11. The van der Waals surface area contributed by atoms with Crippen molar-refractivity contribution in [1.82, 2.24) is 0 Å². The van der Waals surface area contributed by atoms with Gasteiger partial charge in [0.1, 0.15) is 0 Å². The van der Waals surface area contributed by atoms with Crippen molar-refractivity contribution in [3.05, 3.63) is 0 Å². The van der Waals surface area contributed by atoms with E-state index >= 15 is 0 Å². The van der Waals surface area contributed by atoms with Gasteiger partial charge in [0.15, 0.2) is 0 Å². The highest BCUT2D eigenvalue weighted by molar-refractivity contribution is 7.57. The molecule has 0 saturated heterocycles. The Labute approximate surface area is 160 Å². The lowest BCUT2D eigenvalue weighted by Crippen LogP contribution is -3.00. The van der Waals surface area contributed by atoms with Crippen LogP contribution in [-0.2, 0) is 0 Å². The van der Waals surface area contributed by atoms with Gasteiger partial charge < -0.3 is 50.7 Å². The molecule has 0 amide bonds. The zero-order valence-electron chi connectivity index (χ0n) is 16.2. The van der Waals surface area contributed by atoms with Crippen LogP contribution in [0.5, 0.6) is 0 Å². The lowest BCUT2D eigenvalue weighted by Gasteiger charge is -2.31. The summed E-state index contributed by atoms with van der Waals surface area (Å²) in [6.45, 7) is 3.96. The molecule has 140 valence electrons. The smallest absolute Gasteiger partial charge is 0.0820 e. The van der Waals surface area contributed by atoms with Gasteiger partial charge in [0.2, 0.25) is 0 Å². The fourth-order valence-electron chi connectivity index (χ4n) is 1.66. The van der Waals surface area contributed by atoms with Gasteiger partial charge in [0, 0.05) is 18.5 Å². The summed E-state index contributed by atoms with van der Waals surface area (Å²) in [5.41, 5.74) is 0. The van der Waals surface area contributed by atoms with E-state index < -0.39 is 0 Å². The maximum atomic E-state index is 2.31. The third-order valence-electron chi connectivity index (χ3n) is 3.26. The number of nitrogens with zero attached hydrogens (tertiary/aromatic N) is 3. The van der Waals surface area contributed by atoms with E-state index in [1.165, 1.54) is 38.1 Å². The topological polar surface area (TPSA) is 0 Å². The van der Waals surface area contributed by atoms with Crippen LogP contribution in [0, 0.1) is 0 Å². The molecule has 0 N–H and O–H groups in total. The predicted molar refractivity (Wildman–Crippen MR) is 90.2 cm³/mol. The summed E-state index contributed by atoms with van der Waals surface area (Å²) >= 11 is 0. The zero-order chi connectivity index (χ0) is 15.3. The van der Waals surface area contributed by atoms with Gasteiger partial charge in [-0.1, -0.05) is 7.92 Å². The molecule has 3 nitrogen and oxygen atoms in total. The van der Waals surface area contributed by atoms with Crippen LogP contribution in [0.15, 0.2) is 0 Å². The van der Waals surface area contributed by atoms with Gasteiger partial charge in [-0.05, 0) is 0 Å². The Hall–Kier alpha value is 1.18. The Bertz CT molecular complexity index is 215. The Balaban J connectivity index is -0.000000540. The molecule has 0 aromatic carbocycles. The minimum Gasteiger partial charge on any atom is -1.00 e. The molecule has 0 fully saturated rings. The molecule has 0 rings (SSSR count). The zero-order valence-corrected chi connectivity index (χ0v) is 19.3. The van der Waals surface area contributed by atoms with E-state index in [-0.39, 0.29) is 45.1 Å². The minimum atomic E-state index is 0. The summed E-state index contributed by atoms with van der Waals surface area (Å²) in [6, 6.07) is 0. The van der Waals surface area contributed by atoms with Crippen molar-refractivity contribution in [2.75, 3.05) is 102 Å². The molecular weight excluding hydrogens is 360 g/mol. The molecule has 0 aromatic rings. The number of rotatable bonds is 9. The first-order valence-corrected chi connectivity index (χ1v) is 9.32. The highest BCUT2D eigenvalue weighted by atomic mass is 35.5. The van der Waals surface area contributed by atoms with Gasteiger partial charge in [-0.15, -0.1) is 0 Å². The first kappa shape index (κ1) is 31.0. The van der Waals surface area contributed by atoms with Gasteiger partial charge in [-0.25, -0.2) is 0 Å². The normalized spacial score (nSPS) is 12.3. The van der Waals surface area contributed by atoms with Gasteiger partial charge >= 0.3 is 0 Å². The molecule has 7 heteroatoms. The SMILES string of the molecule is C[N+](C)(C)CCP(CC[N+](C)(C)C)CC[N+](C)(C)C.[Cl-].[Cl-].[Cl-]. The quantitative estimate of drug-likeness (QED) is 0.267. The van der Waals surface area contributed by atoms with Crippen molar-refractivity contribution < 1.29 is 50.7 Å². The monoisotopic (exact) mass is 397 g/mol. The van der Waals surface area contributed by atoms with Crippen LogP contribution < -0.4 is 37.2 Å². The van der Waals surface area contributed by atoms with E-state index in [0.29, 0.717) is 0 Å². The van der Waals surface area contributed by atoms with Crippen LogP contribution in [0.3, 0.4) is 0 Å². The third-order valence-corrected chi connectivity index (χ3v) is 5.76. The number of hydrogen-bond acceptors (Lipinski definition) is 0. The Morgan fingerprint density at radius 3 is 0.773 bits per heavy atom. The molecule has 0 saturated carbocycles. The molecule has 0 atom stereocenters. The molecule has 0 aliphatic carbocycles. The van der Waals surface area contributed by atoms with Crippen molar-refractivity contribution in [3.63, 3.8) is 0 Å². The fraction of sp³-hybridized carbons (Fsp3) is 1.00. The summed E-state index contributed by atoms with van der Waals surface area (Å²) in [4.78, 5) is 0. The second kappa shape index (κ2) is 12.5. The number of hydrogen-bond donors (Lipinski definition) is 0. The summed E-state index contributed by atoms with van der Waals surface area (Å²) in [7, 11) is 21.0. The Morgan fingerprint density at radius 1 is 0.455 bits per heavy atom. The number of quaternary nitrogens is 3. The predicted octanol–water partition coefficient (Wildman–Crippen LogP) is -7.40. The minimum absolute atomic E-state index is 0. The molecule has 0 heterocycles. The van der Waals surface area contributed by atoms with Gasteiger partial charge in [0.25, 0.3) is 0 Å².